The summed E-state index contributed by atoms with van der Waals surface area (Å²) in [5.74, 6) is 0. The molecule has 1 aromatic rings. The molecule has 1 unspecified atom stereocenters. The molecule has 1 aliphatic rings. The summed E-state index contributed by atoms with van der Waals surface area (Å²) in [6.45, 7) is 1.13. The lowest BCUT2D eigenvalue weighted by Crippen LogP contribution is -2.35. The van der Waals surface area contributed by atoms with E-state index in [1.165, 1.54) is 5.56 Å². The van der Waals surface area contributed by atoms with Gasteiger partial charge >= 0.3 is 6.18 Å². The van der Waals surface area contributed by atoms with Crippen molar-refractivity contribution in [1.82, 2.24) is 10.4 Å². The number of benzene rings is 1. The van der Waals surface area contributed by atoms with Gasteiger partial charge in [-0.15, -0.1) is 0 Å². The Balaban J connectivity index is 1.69. The first-order valence-electron chi connectivity index (χ1n) is 6.23. The number of hydrogen-bond acceptors (Lipinski definition) is 3. The zero-order valence-corrected chi connectivity index (χ0v) is 10.5. The maximum atomic E-state index is 11.9. The lowest BCUT2D eigenvalue weighted by Gasteiger charge is -2.17. The number of likely N-dealkylation sites (tertiary alicyclic amines) is 1. The molecule has 3 nitrogen and oxygen atoms in total. The third-order valence-electron chi connectivity index (χ3n) is 3.01. The van der Waals surface area contributed by atoms with Gasteiger partial charge < -0.3 is 0 Å². The summed E-state index contributed by atoms with van der Waals surface area (Å²) < 4.78 is 35.8. The van der Waals surface area contributed by atoms with Crippen molar-refractivity contribution >= 4 is 0 Å². The van der Waals surface area contributed by atoms with E-state index in [4.69, 9.17) is 0 Å². The quantitative estimate of drug-likeness (QED) is 0.834. The van der Waals surface area contributed by atoms with E-state index in [0.29, 0.717) is 6.54 Å². The summed E-state index contributed by atoms with van der Waals surface area (Å²) in [6.07, 6.45) is -3.49. The highest BCUT2D eigenvalue weighted by atomic mass is 19.4. The number of nitrogens with one attached hydrogen (secondary N) is 1. The second kappa shape index (κ2) is 6.36. The highest BCUT2D eigenvalue weighted by Gasteiger charge is 2.29. The predicted molar refractivity (Wildman–Crippen MR) is 65.3 cm³/mol. The van der Waals surface area contributed by atoms with E-state index < -0.39 is 12.8 Å². The highest BCUT2D eigenvalue weighted by Crippen LogP contribution is 2.16. The van der Waals surface area contributed by atoms with E-state index in [-0.39, 0.29) is 6.04 Å². The van der Waals surface area contributed by atoms with Crippen LogP contribution in [0.4, 0.5) is 13.2 Å². The fraction of sp³-hybridized carbons (Fsp3) is 0.538. The molecule has 6 heteroatoms. The number of alkyl halides is 3. The van der Waals surface area contributed by atoms with Gasteiger partial charge in [-0.2, -0.15) is 18.7 Å². The van der Waals surface area contributed by atoms with Gasteiger partial charge in [-0.25, -0.2) is 0 Å². The van der Waals surface area contributed by atoms with E-state index in [0.717, 1.165) is 19.5 Å². The van der Waals surface area contributed by atoms with Gasteiger partial charge in [0.05, 0.1) is 0 Å². The Morgan fingerprint density at radius 1 is 1.26 bits per heavy atom. The minimum atomic E-state index is -4.28. The standard InChI is InChI=1S/C13H17F3N2O/c14-13(15,16)10-19-17-12-6-7-18(9-12)8-11-4-2-1-3-5-11/h1-5,12,17H,6-10H2. The van der Waals surface area contributed by atoms with Crippen LogP contribution in [0.15, 0.2) is 30.3 Å². The lowest BCUT2D eigenvalue weighted by atomic mass is 10.2. The van der Waals surface area contributed by atoms with Crippen LogP contribution >= 0.6 is 0 Å². The van der Waals surface area contributed by atoms with Crippen molar-refractivity contribution in [2.75, 3.05) is 19.7 Å². The van der Waals surface area contributed by atoms with Crippen LogP contribution in [0.3, 0.4) is 0 Å². The Bertz CT molecular complexity index is 383. The van der Waals surface area contributed by atoms with Crippen LogP contribution in [0, 0.1) is 0 Å². The average molecular weight is 274 g/mol. The Hall–Kier alpha value is -1.11. The van der Waals surface area contributed by atoms with Gasteiger partial charge in [-0.05, 0) is 12.0 Å². The summed E-state index contributed by atoms with van der Waals surface area (Å²) in [5.41, 5.74) is 3.70. The molecule has 0 bridgehead atoms. The normalized spacial score (nSPS) is 20.9. The summed E-state index contributed by atoms with van der Waals surface area (Å²) >= 11 is 0. The van der Waals surface area contributed by atoms with Crippen LogP contribution in [0.25, 0.3) is 0 Å². The van der Waals surface area contributed by atoms with Crippen molar-refractivity contribution in [3.05, 3.63) is 35.9 Å². The van der Waals surface area contributed by atoms with Crippen LogP contribution in [0.1, 0.15) is 12.0 Å². The molecule has 106 valence electrons. The second-order valence-corrected chi connectivity index (χ2v) is 4.73. The number of hydroxylamine groups is 1. The van der Waals surface area contributed by atoms with E-state index in [9.17, 15) is 13.2 Å². The van der Waals surface area contributed by atoms with Crippen LogP contribution < -0.4 is 5.48 Å². The van der Waals surface area contributed by atoms with Gasteiger partial charge in [0.25, 0.3) is 0 Å². The minimum absolute atomic E-state index is 0.0361. The first-order valence-corrected chi connectivity index (χ1v) is 6.23. The molecule has 0 aliphatic carbocycles. The van der Waals surface area contributed by atoms with E-state index in [2.05, 4.69) is 15.2 Å². The molecule has 0 saturated carbocycles. The van der Waals surface area contributed by atoms with Crippen LogP contribution in [0.5, 0.6) is 0 Å². The van der Waals surface area contributed by atoms with Crippen LogP contribution in [-0.4, -0.2) is 36.8 Å². The smallest absolute Gasteiger partial charge is 0.297 e. The van der Waals surface area contributed by atoms with Gasteiger partial charge in [-0.1, -0.05) is 30.3 Å². The molecule has 19 heavy (non-hydrogen) atoms. The van der Waals surface area contributed by atoms with E-state index in [1.807, 2.05) is 30.3 Å². The van der Waals surface area contributed by atoms with Crippen molar-refractivity contribution in [2.24, 2.45) is 0 Å². The highest BCUT2D eigenvalue weighted by molar-refractivity contribution is 5.14. The van der Waals surface area contributed by atoms with Crippen LogP contribution in [0.2, 0.25) is 0 Å². The molecule has 1 heterocycles. The fourth-order valence-corrected chi connectivity index (χ4v) is 2.16. The summed E-state index contributed by atoms with van der Waals surface area (Å²) in [7, 11) is 0. The third-order valence-corrected chi connectivity index (χ3v) is 3.01. The molecule has 1 aliphatic heterocycles. The monoisotopic (exact) mass is 274 g/mol. The molecular formula is C13H17F3N2O. The zero-order chi connectivity index (χ0) is 13.7. The number of halogens is 3. The van der Waals surface area contributed by atoms with Crippen molar-refractivity contribution in [3.8, 4) is 0 Å². The van der Waals surface area contributed by atoms with Crippen molar-refractivity contribution in [2.45, 2.75) is 25.2 Å². The number of rotatable bonds is 5. The topological polar surface area (TPSA) is 24.5 Å². The number of hydrogen-bond donors (Lipinski definition) is 1. The van der Waals surface area contributed by atoms with Crippen molar-refractivity contribution in [1.29, 1.82) is 0 Å². The van der Waals surface area contributed by atoms with Crippen molar-refractivity contribution < 1.29 is 18.0 Å². The molecule has 0 aromatic heterocycles. The van der Waals surface area contributed by atoms with Gasteiger partial charge in [-0.3, -0.25) is 9.74 Å². The Kier molecular flexibility index (Phi) is 4.79. The zero-order valence-electron chi connectivity index (χ0n) is 10.5. The molecule has 0 radical (unpaired) electrons. The molecular weight excluding hydrogens is 257 g/mol. The fourth-order valence-electron chi connectivity index (χ4n) is 2.16. The molecule has 0 amide bonds. The maximum absolute atomic E-state index is 11.9. The third kappa shape index (κ3) is 5.18. The van der Waals surface area contributed by atoms with Gasteiger partial charge in [0, 0.05) is 25.7 Å². The maximum Gasteiger partial charge on any atom is 0.413 e. The molecule has 0 spiro atoms. The van der Waals surface area contributed by atoms with Gasteiger partial charge in [0.2, 0.25) is 0 Å². The Labute approximate surface area is 110 Å². The molecule has 1 atom stereocenters. The molecule has 1 aromatic carbocycles. The van der Waals surface area contributed by atoms with Gasteiger partial charge in [0.15, 0.2) is 6.61 Å². The second-order valence-electron chi connectivity index (χ2n) is 4.73. The molecule has 1 saturated heterocycles. The van der Waals surface area contributed by atoms with Crippen molar-refractivity contribution in [3.63, 3.8) is 0 Å². The SMILES string of the molecule is FC(F)(F)CONC1CCN(Cc2ccccc2)C1. The molecule has 2 rings (SSSR count). The minimum Gasteiger partial charge on any atom is -0.297 e. The summed E-state index contributed by atoms with van der Waals surface area (Å²) in [6, 6.07) is 9.97. The molecule has 1 N–H and O–H groups in total. The summed E-state index contributed by atoms with van der Waals surface area (Å²) in [4.78, 5) is 6.68. The predicted octanol–water partition coefficient (Wildman–Crippen LogP) is 2.34. The Morgan fingerprint density at radius 3 is 2.68 bits per heavy atom. The summed E-state index contributed by atoms with van der Waals surface area (Å²) in [5, 5.41) is 0. The van der Waals surface area contributed by atoms with E-state index >= 15 is 0 Å². The Morgan fingerprint density at radius 2 is 2.00 bits per heavy atom. The largest absolute Gasteiger partial charge is 0.413 e. The average Bonchev–Trinajstić information content (AvgIpc) is 2.76. The van der Waals surface area contributed by atoms with Gasteiger partial charge in [0.1, 0.15) is 0 Å². The first kappa shape index (κ1) is 14.3. The van der Waals surface area contributed by atoms with Crippen LogP contribution in [-0.2, 0) is 11.4 Å². The lowest BCUT2D eigenvalue weighted by molar-refractivity contribution is -0.192. The first-order chi connectivity index (χ1) is 9.03. The van der Waals surface area contributed by atoms with E-state index in [1.54, 1.807) is 0 Å². The number of nitrogens with zero attached hydrogens (tertiary/aromatic N) is 1. The molecule has 1 fully saturated rings.